The van der Waals surface area contributed by atoms with Gasteiger partial charge in [-0.1, -0.05) is 15.9 Å². The molecule has 18 heavy (non-hydrogen) atoms. The summed E-state index contributed by atoms with van der Waals surface area (Å²) < 4.78 is 13.1. The molecule has 0 aliphatic carbocycles. The van der Waals surface area contributed by atoms with Gasteiger partial charge in [0.05, 0.1) is 0 Å². The number of rotatable bonds is 4. The maximum absolute atomic E-state index is 11.5. The van der Waals surface area contributed by atoms with Gasteiger partial charge >= 0.3 is 7.75 Å². The van der Waals surface area contributed by atoms with Gasteiger partial charge in [-0.2, -0.15) is 0 Å². The fourth-order valence-electron chi connectivity index (χ4n) is 1.51. The Hall–Kier alpha value is -0.880. The average Bonchev–Trinajstić information content (AvgIpc) is 2.29. The number of likely N-dealkylation sites (N-methyl/N-ethyl adjacent to an activating group) is 1. The average molecular weight is 337 g/mol. The van der Waals surface area contributed by atoms with E-state index in [1.54, 1.807) is 12.1 Å². The Labute approximate surface area is 113 Å². The van der Waals surface area contributed by atoms with E-state index < -0.39 is 19.7 Å². The highest BCUT2D eigenvalue weighted by atomic mass is 79.9. The highest BCUT2D eigenvalue weighted by Gasteiger charge is 2.34. The number of carbonyl (C=O) groups excluding carboxylic acids is 1. The fourth-order valence-corrected chi connectivity index (χ4v) is 2.77. The Balaban J connectivity index is 3.18. The third-order valence-corrected chi connectivity index (χ3v) is 4.03. The minimum absolute atomic E-state index is 0.280. The van der Waals surface area contributed by atoms with E-state index in [4.69, 9.17) is 0 Å². The molecule has 1 atom stereocenters. The number of benzene rings is 1. The van der Waals surface area contributed by atoms with Gasteiger partial charge in [-0.3, -0.25) is 9.46 Å². The van der Waals surface area contributed by atoms with E-state index in [1.807, 2.05) is 0 Å². The lowest BCUT2D eigenvalue weighted by molar-refractivity contribution is -0.121. The second-order valence-electron chi connectivity index (χ2n) is 3.62. The van der Waals surface area contributed by atoms with Crippen LogP contribution in [0.5, 0.6) is 0 Å². The number of nitrogens with one attached hydrogen (secondary N) is 1. The van der Waals surface area contributed by atoms with Gasteiger partial charge in [0.2, 0.25) is 5.91 Å². The van der Waals surface area contributed by atoms with Crippen molar-refractivity contribution < 1.29 is 19.1 Å². The van der Waals surface area contributed by atoms with Crippen LogP contribution in [0.2, 0.25) is 0 Å². The number of anilines is 1. The topological polar surface area (TPSA) is 89.9 Å². The number of hydrogen-bond acceptors (Lipinski definition) is 2. The van der Waals surface area contributed by atoms with E-state index in [1.165, 1.54) is 26.1 Å². The molecule has 1 aromatic carbocycles. The molecule has 3 N–H and O–H groups in total. The van der Waals surface area contributed by atoms with Crippen LogP contribution in [0.1, 0.15) is 6.92 Å². The first-order chi connectivity index (χ1) is 8.27. The van der Waals surface area contributed by atoms with Gasteiger partial charge in [0.15, 0.2) is 0 Å². The quantitative estimate of drug-likeness (QED) is 0.724. The zero-order valence-electron chi connectivity index (χ0n) is 9.87. The van der Waals surface area contributed by atoms with Gasteiger partial charge in [-0.25, -0.2) is 4.57 Å². The van der Waals surface area contributed by atoms with Crippen LogP contribution in [0.4, 0.5) is 5.69 Å². The summed E-state index contributed by atoms with van der Waals surface area (Å²) in [6, 6.07) is 5.38. The lowest BCUT2D eigenvalue weighted by atomic mass is 10.2. The second kappa shape index (κ2) is 5.84. The van der Waals surface area contributed by atoms with Crippen LogP contribution in [0, 0.1) is 0 Å². The van der Waals surface area contributed by atoms with Crippen LogP contribution in [-0.4, -0.2) is 28.8 Å². The lowest BCUT2D eigenvalue weighted by Crippen LogP contribution is -2.42. The molecular weight excluding hydrogens is 323 g/mol. The van der Waals surface area contributed by atoms with Crippen molar-refractivity contribution >= 4 is 35.3 Å². The molecule has 1 aromatic rings. The summed E-state index contributed by atoms with van der Waals surface area (Å²) in [6.45, 7) is 1.43. The van der Waals surface area contributed by atoms with Crippen molar-refractivity contribution in [2.75, 3.05) is 11.7 Å². The molecule has 0 aliphatic rings. The van der Waals surface area contributed by atoms with E-state index in [2.05, 4.69) is 21.2 Å². The maximum Gasteiger partial charge on any atom is 0.430 e. The molecule has 0 heterocycles. The second-order valence-corrected chi connectivity index (χ2v) is 6.00. The zero-order chi connectivity index (χ0) is 13.9. The lowest BCUT2D eigenvalue weighted by Gasteiger charge is -2.30. The molecule has 1 rings (SSSR count). The van der Waals surface area contributed by atoms with Crippen molar-refractivity contribution in [3.63, 3.8) is 0 Å². The van der Waals surface area contributed by atoms with Crippen molar-refractivity contribution in [2.24, 2.45) is 0 Å². The molecule has 1 amide bonds. The monoisotopic (exact) mass is 336 g/mol. The van der Waals surface area contributed by atoms with Gasteiger partial charge in [-0.15, -0.1) is 0 Å². The summed E-state index contributed by atoms with van der Waals surface area (Å²) in [5.41, 5.74) is 0.280. The van der Waals surface area contributed by atoms with Crippen LogP contribution < -0.4 is 9.99 Å². The molecule has 0 aliphatic heterocycles. The SMILES string of the molecule is CNC(=O)[C@H](C)N(c1ccc(Br)cc1)P(=O)(O)O. The molecule has 0 aromatic heterocycles. The molecule has 6 nitrogen and oxygen atoms in total. The summed E-state index contributed by atoms with van der Waals surface area (Å²) in [4.78, 5) is 30.3. The van der Waals surface area contributed by atoms with Crippen LogP contribution in [0.15, 0.2) is 28.7 Å². The smallest absolute Gasteiger partial charge is 0.357 e. The molecule has 0 fully saturated rings. The molecule has 0 saturated carbocycles. The maximum atomic E-state index is 11.5. The predicted octanol–water partition coefficient (Wildman–Crippen LogP) is 1.48. The van der Waals surface area contributed by atoms with Crippen molar-refractivity contribution in [3.05, 3.63) is 28.7 Å². The molecule has 100 valence electrons. The van der Waals surface area contributed by atoms with Crippen molar-refractivity contribution in [1.29, 1.82) is 0 Å². The summed E-state index contributed by atoms with van der Waals surface area (Å²) in [6.07, 6.45) is 0. The van der Waals surface area contributed by atoms with Crippen molar-refractivity contribution in [2.45, 2.75) is 13.0 Å². The Morgan fingerprint density at radius 3 is 2.28 bits per heavy atom. The molecule has 8 heteroatoms. The van der Waals surface area contributed by atoms with E-state index in [-0.39, 0.29) is 5.69 Å². The van der Waals surface area contributed by atoms with Gasteiger partial charge in [0.1, 0.15) is 6.04 Å². The summed E-state index contributed by atoms with van der Waals surface area (Å²) >= 11 is 3.23. The molecule has 0 bridgehead atoms. The predicted molar refractivity (Wildman–Crippen MR) is 72.2 cm³/mol. The number of nitrogens with zero attached hydrogens (tertiary/aromatic N) is 1. The Kier molecular flexibility index (Phi) is 4.92. The van der Waals surface area contributed by atoms with E-state index in [0.717, 1.165) is 9.14 Å². The summed E-state index contributed by atoms with van der Waals surface area (Å²) in [7, 11) is -3.16. The molecule has 0 saturated heterocycles. The van der Waals surface area contributed by atoms with E-state index >= 15 is 0 Å². The van der Waals surface area contributed by atoms with Crippen LogP contribution in [0.25, 0.3) is 0 Å². The van der Waals surface area contributed by atoms with Crippen LogP contribution in [0.3, 0.4) is 0 Å². The van der Waals surface area contributed by atoms with E-state index in [0.29, 0.717) is 0 Å². The summed E-state index contributed by atoms with van der Waals surface area (Å²) in [5.74, 6) is -0.471. The molecule has 0 radical (unpaired) electrons. The standard InChI is InChI=1S/C10H14BrN2O4P/c1-7(10(14)12-2)13(18(15,16)17)9-5-3-8(11)4-6-9/h3-7H,1-2H3,(H,12,14)(H2,15,16,17)/t7-/m0/s1. The first-order valence-electron chi connectivity index (χ1n) is 5.09. The van der Waals surface area contributed by atoms with Crippen LogP contribution in [-0.2, 0) is 9.36 Å². The fraction of sp³-hybridized carbons (Fsp3) is 0.300. The van der Waals surface area contributed by atoms with E-state index in [9.17, 15) is 19.1 Å². The third-order valence-electron chi connectivity index (χ3n) is 2.36. The number of hydrogen-bond donors (Lipinski definition) is 3. The highest BCUT2D eigenvalue weighted by Crippen LogP contribution is 2.45. The Bertz CT molecular complexity index is 473. The summed E-state index contributed by atoms with van der Waals surface area (Å²) in [5, 5.41) is 2.37. The van der Waals surface area contributed by atoms with Crippen molar-refractivity contribution in [1.82, 2.24) is 5.32 Å². The Morgan fingerprint density at radius 1 is 1.39 bits per heavy atom. The Morgan fingerprint density at radius 2 is 1.89 bits per heavy atom. The molecular formula is C10H14BrN2O4P. The minimum atomic E-state index is -4.58. The first kappa shape index (κ1) is 15.2. The normalized spacial score (nSPS) is 12.9. The van der Waals surface area contributed by atoms with Gasteiger partial charge < -0.3 is 15.1 Å². The molecule has 0 spiro atoms. The highest BCUT2D eigenvalue weighted by molar-refractivity contribution is 9.10. The van der Waals surface area contributed by atoms with Gasteiger partial charge in [0, 0.05) is 17.2 Å². The number of amides is 1. The number of halogens is 1. The molecule has 0 unspecified atom stereocenters. The van der Waals surface area contributed by atoms with Gasteiger partial charge in [-0.05, 0) is 31.2 Å². The third kappa shape index (κ3) is 3.55. The van der Waals surface area contributed by atoms with Gasteiger partial charge in [0.25, 0.3) is 0 Å². The largest absolute Gasteiger partial charge is 0.430 e. The minimum Gasteiger partial charge on any atom is -0.357 e. The first-order valence-corrected chi connectivity index (χ1v) is 7.45. The number of carbonyl (C=O) groups is 1. The van der Waals surface area contributed by atoms with Crippen molar-refractivity contribution in [3.8, 4) is 0 Å². The zero-order valence-corrected chi connectivity index (χ0v) is 12.4. The van der Waals surface area contributed by atoms with Crippen LogP contribution >= 0.6 is 23.7 Å².